The maximum atomic E-state index is 13.1. The lowest BCUT2D eigenvalue weighted by atomic mass is 10.0. The van der Waals surface area contributed by atoms with Gasteiger partial charge in [-0.15, -0.1) is 0 Å². The molecule has 2 fully saturated rings. The molecule has 2 saturated heterocycles. The molecule has 2 aliphatic rings. The molecule has 1 N–H and O–H groups in total. The van der Waals surface area contributed by atoms with Crippen LogP contribution in [0.25, 0.3) is 0 Å². The van der Waals surface area contributed by atoms with E-state index in [-0.39, 0.29) is 23.5 Å². The van der Waals surface area contributed by atoms with E-state index >= 15 is 0 Å². The van der Waals surface area contributed by atoms with Crippen molar-refractivity contribution in [2.75, 3.05) is 45.8 Å². The molecule has 0 saturated carbocycles. The highest BCUT2D eigenvalue weighted by Gasteiger charge is 2.30. The lowest BCUT2D eigenvalue weighted by Gasteiger charge is -2.37. The number of hydrogen-bond donors (Lipinski definition) is 1. The fourth-order valence-corrected chi connectivity index (χ4v) is 4.82. The summed E-state index contributed by atoms with van der Waals surface area (Å²) in [5.41, 5.74) is 2.68. The number of hydrogen-bond acceptors (Lipinski definition) is 5. The fourth-order valence-electron chi connectivity index (χ4n) is 4.82. The molecule has 1 atom stereocenters. The predicted octanol–water partition coefficient (Wildman–Crippen LogP) is 2.43. The third kappa shape index (κ3) is 5.01. The summed E-state index contributed by atoms with van der Waals surface area (Å²) >= 11 is 0. The van der Waals surface area contributed by atoms with E-state index < -0.39 is 0 Å². The van der Waals surface area contributed by atoms with E-state index in [1.807, 2.05) is 25.7 Å². The summed E-state index contributed by atoms with van der Waals surface area (Å²) < 4.78 is 0. The molecule has 166 valence electrons. The van der Waals surface area contributed by atoms with E-state index in [0.29, 0.717) is 17.8 Å². The summed E-state index contributed by atoms with van der Waals surface area (Å²) in [6.07, 6.45) is 4.68. The normalized spacial score (nSPS) is 20.1. The lowest BCUT2D eigenvalue weighted by molar-refractivity contribution is -0.132. The number of carbonyl (C=O) groups excluding carboxylic acids is 3. The van der Waals surface area contributed by atoms with Gasteiger partial charge < -0.3 is 9.88 Å². The number of nitrogens with zero attached hydrogens (tertiary/aromatic N) is 3. The predicted molar refractivity (Wildman–Crippen MR) is 117 cm³/mol. The second-order valence-corrected chi connectivity index (χ2v) is 8.83. The highest BCUT2D eigenvalue weighted by Crippen LogP contribution is 2.21. The Morgan fingerprint density at radius 1 is 0.933 bits per heavy atom. The van der Waals surface area contributed by atoms with Gasteiger partial charge in [-0.25, -0.2) is 0 Å². The summed E-state index contributed by atoms with van der Waals surface area (Å²) in [6, 6.07) is -0.259. The van der Waals surface area contributed by atoms with Gasteiger partial charge >= 0.3 is 0 Å². The zero-order chi connectivity index (χ0) is 21.8. The number of aromatic nitrogens is 1. The topological polar surface area (TPSA) is 76.7 Å². The van der Waals surface area contributed by atoms with E-state index in [1.54, 1.807) is 0 Å². The van der Waals surface area contributed by atoms with E-state index in [2.05, 4.69) is 14.8 Å². The van der Waals surface area contributed by atoms with Crippen molar-refractivity contribution in [3.05, 3.63) is 22.5 Å². The van der Waals surface area contributed by atoms with E-state index in [9.17, 15) is 14.4 Å². The molecule has 0 spiro atoms. The molecular weight excluding hydrogens is 380 g/mol. The first-order valence-corrected chi connectivity index (χ1v) is 11.3. The minimum absolute atomic E-state index is 0.0179. The second kappa shape index (κ2) is 9.88. The van der Waals surface area contributed by atoms with Crippen molar-refractivity contribution in [1.29, 1.82) is 0 Å². The van der Waals surface area contributed by atoms with Crippen LogP contribution in [0, 0.1) is 13.8 Å². The van der Waals surface area contributed by atoms with Crippen LogP contribution in [-0.4, -0.2) is 89.0 Å². The van der Waals surface area contributed by atoms with Crippen molar-refractivity contribution >= 4 is 17.5 Å². The molecule has 30 heavy (non-hydrogen) atoms. The van der Waals surface area contributed by atoms with Crippen LogP contribution in [0.3, 0.4) is 0 Å². The Balaban J connectivity index is 1.54. The van der Waals surface area contributed by atoms with Gasteiger partial charge in [-0.2, -0.15) is 0 Å². The third-order valence-electron chi connectivity index (χ3n) is 6.69. The number of rotatable bonds is 6. The van der Waals surface area contributed by atoms with E-state index in [0.717, 1.165) is 63.4 Å². The number of piperazine rings is 1. The molecule has 0 aromatic carbocycles. The summed E-state index contributed by atoms with van der Waals surface area (Å²) in [7, 11) is 0. The van der Waals surface area contributed by atoms with Gasteiger partial charge in [0.2, 0.25) is 5.91 Å². The van der Waals surface area contributed by atoms with Gasteiger partial charge in [0.25, 0.3) is 0 Å². The van der Waals surface area contributed by atoms with Crippen LogP contribution in [0.2, 0.25) is 0 Å². The van der Waals surface area contributed by atoms with Crippen LogP contribution in [0.5, 0.6) is 0 Å². The highest BCUT2D eigenvalue weighted by atomic mass is 16.2. The molecule has 2 aliphatic heterocycles. The SMILES string of the molecule is CC(=O)c1c(C)[nH]c(C(=O)C(C)N2CCN(CC(=O)N3CCCCCC3)CC2)c1C. The number of carbonyl (C=O) groups is 3. The zero-order valence-corrected chi connectivity index (χ0v) is 18.9. The van der Waals surface area contributed by atoms with Crippen molar-refractivity contribution in [2.45, 2.75) is 59.4 Å². The van der Waals surface area contributed by atoms with Crippen LogP contribution < -0.4 is 0 Å². The van der Waals surface area contributed by atoms with Crippen LogP contribution in [0.1, 0.15) is 71.6 Å². The molecule has 3 heterocycles. The van der Waals surface area contributed by atoms with E-state index in [4.69, 9.17) is 0 Å². The Hall–Kier alpha value is -1.99. The lowest BCUT2D eigenvalue weighted by Crippen LogP contribution is -2.53. The molecule has 7 nitrogen and oxygen atoms in total. The zero-order valence-electron chi connectivity index (χ0n) is 18.9. The molecule has 7 heteroatoms. The Bertz CT molecular complexity index is 785. The molecule has 1 unspecified atom stereocenters. The number of aryl methyl sites for hydroxylation is 1. The fraction of sp³-hybridized carbons (Fsp3) is 0.696. The largest absolute Gasteiger partial charge is 0.355 e. The molecular formula is C23H36N4O3. The van der Waals surface area contributed by atoms with Gasteiger partial charge in [0, 0.05) is 50.5 Å². The van der Waals surface area contributed by atoms with Crippen LogP contribution in [-0.2, 0) is 4.79 Å². The molecule has 1 aromatic rings. The molecule has 0 aliphatic carbocycles. The Kier molecular flexibility index (Phi) is 7.47. The third-order valence-corrected chi connectivity index (χ3v) is 6.69. The van der Waals surface area contributed by atoms with Gasteiger partial charge in [-0.1, -0.05) is 12.8 Å². The Labute approximate surface area is 179 Å². The molecule has 1 amide bonds. The standard InChI is InChI=1S/C23H36N4O3/c1-16-21(19(4)28)17(2)24-22(16)23(30)18(3)26-13-11-25(12-14-26)15-20(29)27-9-7-5-6-8-10-27/h18,24H,5-15H2,1-4H3. The van der Waals surface area contributed by atoms with Crippen molar-refractivity contribution in [3.63, 3.8) is 0 Å². The van der Waals surface area contributed by atoms with Crippen LogP contribution >= 0.6 is 0 Å². The molecule has 1 aromatic heterocycles. The number of nitrogens with one attached hydrogen (secondary N) is 1. The van der Waals surface area contributed by atoms with Crippen LogP contribution in [0.4, 0.5) is 0 Å². The number of likely N-dealkylation sites (tertiary alicyclic amines) is 1. The van der Waals surface area contributed by atoms with Crippen LogP contribution in [0.15, 0.2) is 0 Å². The quantitative estimate of drug-likeness (QED) is 0.721. The number of amides is 1. The summed E-state index contributed by atoms with van der Waals surface area (Å²) in [5.74, 6) is 0.247. The number of ketones is 2. The van der Waals surface area contributed by atoms with Gasteiger partial charge in [0.05, 0.1) is 18.3 Å². The maximum Gasteiger partial charge on any atom is 0.236 e. The first-order valence-electron chi connectivity index (χ1n) is 11.3. The Morgan fingerprint density at radius 3 is 2.07 bits per heavy atom. The second-order valence-electron chi connectivity index (χ2n) is 8.83. The number of aromatic amines is 1. The van der Waals surface area contributed by atoms with Gasteiger partial charge in [-0.3, -0.25) is 24.2 Å². The van der Waals surface area contributed by atoms with Gasteiger partial charge in [-0.05, 0) is 46.1 Å². The van der Waals surface area contributed by atoms with Crippen molar-refractivity contribution in [2.24, 2.45) is 0 Å². The number of Topliss-reactive ketones (excluding diaryl/α,β-unsaturated/α-hetero) is 2. The first-order chi connectivity index (χ1) is 14.3. The Morgan fingerprint density at radius 2 is 1.53 bits per heavy atom. The van der Waals surface area contributed by atoms with Gasteiger partial charge in [0.1, 0.15) is 0 Å². The molecule has 3 rings (SSSR count). The summed E-state index contributed by atoms with van der Waals surface area (Å²) in [5, 5.41) is 0. The highest BCUT2D eigenvalue weighted by molar-refractivity contribution is 6.05. The van der Waals surface area contributed by atoms with Crippen molar-refractivity contribution in [1.82, 2.24) is 19.7 Å². The first kappa shape index (κ1) is 22.7. The maximum absolute atomic E-state index is 13.1. The number of H-pyrrole nitrogens is 1. The average molecular weight is 417 g/mol. The molecule has 0 bridgehead atoms. The van der Waals surface area contributed by atoms with Gasteiger partial charge in [0.15, 0.2) is 11.6 Å². The minimum atomic E-state index is -0.259. The monoisotopic (exact) mass is 416 g/mol. The summed E-state index contributed by atoms with van der Waals surface area (Å²) in [4.78, 5) is 47.1. The minimum Gasteiger partial charge on any atom is -0.355 e. The van der Waals surface area contributed by atoms with E-state index in [1.165, 1.54) is 19.8 Å². The van der Waals surface area contributed by atoms with Crippen molar-refractivity contribution < 1.29 is 14.4 Å². The smallest absolute Gasteiger partial charge is 0.236 e. The average Bonchev–Trinajstić information content (AvgIpc) is 2.89. The summed E-state index contributed by atoms with van der Waals surface area (Å²) in [6.45, 7) is 12.5. The van der Waals surface area contributed by atoms with Crippen molar-refractivity contribution in [3.8, 4) is 0 Å². The molecule has 0 radical (unpaired) electrons.